The predicted octanol–water partition coefficient (Wildman–Crippen LogP) is 3.48. The summed E-state index contributed by atoms with van der Waals surface area (Å²) in [5, 5.41) is 0. The third-order valence-corrected chi connectivity index (χ3v) is 3.12. The second-order valence-electron chi connectivity index (χ2n) is 6.17. The molecule has 114 valence electrons. The second-order valence-corrected chi connectivity index (χ2v) is 6.17. The lowest BCUT2D eigenvalue weighted by molar-refractivity contribution is -0.180. The number of hydrogen-bond acceptors (Lipinski definition) is 3. The molecule has 1 aromatic rings. The van der Waals surface area contributed by atoms with Crippen LogP contribution in [0.15, 0.2) is 30.4 Å². The van der Waals surface area contributed by atoms with Gasteiger partial charge in [-0.2, -0.15) is 0 Å². The van der Waals surface area contributed by atoms with Crippen molar-refractivity contribution in [3.8, 4) is 0 Å². The van der Waals surface area contributed by atoms with Gasteiger partial charge in [0.25, 0.3) is 0 Å². The molecule has 5 heteroatoms. The number of carbonyl (C=O) groups is 1. The van der Waals surface area contributed by atoms with Crippen LogP contribution in [0.5, 0.6) is 0 Å². The van der Waals surface area contributed by atoms with Crippen molar-refractivity contribution in [3.05, 3.63) is 47.5 Å². The van der Waals surface area contributed by atoms with E-state index >= 15 is 0 Å². The van der Waals surface area contributed by atoms with Crippen LogP contribution in [0, 0.1) is 11.6 Å². The maximum absolute atomic E-state index is 14.1. The van der Waals surface area contributed by atoms with Crippen LogP contribution in [-0.4, -0.2) is 18.2 Å². The van der Waals surface area contributed by atoms with Crippen LogP contribution in [0.4, 0.5) is 8.78 Å². The number of esters is 1. The summed E-state index contributed by atoms with van der Waals surface area (Å²) in [6, 6.07) is 3.04. The van der Waals surface area contributed by atoms with Gasteiger partial charge in [-0.1, -0.05) is 6.58 Å². The number of benzene rings is 1. The Morgan fingerprint density at radius 2 is 2.05 bits per heavy atom. The Labute approximate surface area is 122 Å². The van der Waals surface area contributed by atoms with E-state index in [1.807, 2.05) is 0 Å². The Kier molecular flexibility index (Phi) is 3.89. The summed E-state index contributed by atoms with van der Waals surface area (Å²) in [7, 11) is 0. The first-order valence-electron chi connectivity index (χ1n) is 6.64. The van der Waals surface area contributed by atoms with E-state index in [0.717, 1.165) is 12.1 Å². The summed E-state index contributed by atoms with van der Waals surface area (Å²) in [6.45, 7) is 9.04. The minimum Gasteiger partial charge on any atom is -0.458 e. The Balaban J connectivity index is 2.48. The van der Waals surface area contributed by atoms with E-state index in [1.54, 1.807) is 20.8 Å². The van der Waals surface area contributed by atoms with Crippen LogP contribution in [-0.2, 0) is 19.9 Å². The van der Waals surface area contributed by atoms with Gasteiger partial charge in [0.2, 0.25) is 0 Å². The molecule has 0 aliphatic carbocycles. The molecule has 1 unspecified atom stereocenters. The molecule has 0 saturated carbocycles. The molecule has 0 bridgehead atoms. The highest BCUT2D eigenvalue weighted by Gasteiger charge is 2.50. The van der Waals surface area contributed by atoms with Crippen LogP contribution in [0.3, 0.4) is 0 Å². The fourth-order valence-corrected chi connectivity index (χ4v) is 2.27. The highest BCUT2D eigenvalue weighted by Crippen LogP contribution is 2.41. The lowest BCUT2D eigenvalue weighted by atomic mass is 9.89. The van der Waals surface area contributed by atoms with Crippen molar-refractivity contribution >= 4 is 5.97 Å². The highest BCUT2D eigenvalue weighted by atomic mass is 19.1. The average molecular weight is 296 g/mol. The molecular formula is C16H18F2O3. The smallest absolute Gasteiger partial charge is 0.344 e. The van der Waals surface area contributed by atoms with Crippen LogP contribution in [0.25, 0.3) is 0 Å². The van der Waals surface area contributed by atoms with Crippen molar-refractivity contribution in [1.82, 2.24) is 0 Å². The number of ether oxygens (including phenoxy) is 2. The van der Waals surface area contributed by atoms with Crippen molar-refractivity contribution in [2.75, 3.05) is 6.61 Å². The third kappa shape index (κ3) is 3.13. The van der Waals surface area contributed by atoms with E-state index in [-0.39, 0.29) is 18.6 Å². The van der Waals surface area contributed by atoms with E-state index in [9.17, 15) is 13.6 Å². The Morgan fingerprint density at radius 3 is 2.52 bits per heavy atom. The van der Waals surface area contributed by atoms with Crippen molar-refractivity contribution in [1.29, 1.82) is 0 Å². The fraction of sp³-hybridized carbons (Fsp3) is 0.438. The molecule has 0 aromatic heterocycles. The van der Waals surface area contributed by atoms with E-state index < -0.39 is 28.8 Å². The Bertz CT molecular complexity index is 590. The molecule has 0 N–H and O–H groups in total. The summed E-state index contributed by atoms with van der Waals surface area (Å²) < 4.78 is 38.1. The first kappa shape index (κ1) is 15.6. The minimum atomic E-state index is -1.60. The molecule has 1 aliphatic rings. The molecule has 2 rings (SSSR count). The molecule has 3 nitrogen and oxygen atoms in total. The zero-order valence-electron chi connectivity index (χ0n) is 12.3. The molecule has 0 amide bonds. The lowest BCUT2D eigenvalue weighted by Gasteiger charge is -2.30. The third-order valence-electron chi connectivity index (χ3n) is 3.12. The van der Waals surface area contributed by atoms with Crippen LogP contribution >= 0.6 is 0 Å². The Hall–Kier alpha value is -1.75. The van der Waals surface area contributed by atoms with Gasteiger partial charge in [0.05, 0.1) is 6.61 Å². The zero-order chi connectivity index (χ0) is 15.8. The van der Waals surface area contributed by atoms with Crippen LogP contribution < -0.4 is 0 Å². The first-order chi connectivity index (χ1) is 9.64. The normalized spacial score (nSPS) is 22.4. The molecular weight excluding hydrogens is 278 g/mol. The summed E-state index contributed by atoms with van der Waals surface area (Å²) in [4.78, 5) is 12.5. The largest absolute Gasteiger partial charge is 0.458 e. The van der Waals surface area contributed by atoms with E-state index in [4.69, 9.17) is 9.47 Å². The van der Waals surface area contributed by atoms with Gasteiger partial charge in [-0.3, -0.25) is 0 Å². The molecule has 0 spiro atoms. The standard InChI is InChI=1S/C16H18F2O3/c1-10-8-16(20-9-10,14(19)21-15(2,3)4)12-6-5-11(17)7-13(12)18/h5-7H,1,8-9H2,2-4H3. The van der Waals surface area contributed by atoms with Gasteiger partial charge in [0, 0.05) is 18.1 Å². The highest BCUT2D eigenvalue weighted by molar-refractivity contribution is 5.83. The van der Waals surface area contributed by atoms with Gasteiger partial charge in [-0.15, -0.1) is 0 Å². The Morgan fingerprint density at radius 1 is 1.38 bits per heavy atom. The maximum Gasteiger partial charge on any atom is 0.344 e. The summed E-state index contributed by atoms with van der Waals surface area (Å²) >= 11 is 0. The van der Waals surface area contributed by atoms with Crippen LogP contribution in [0.1, 0.15) is 32.8 Å². The van der Waals surface area contributed by atoms with Gasteiger partial charge < -0.3 is 9.47 Å². The molecule has 1 heterocycles. The second kappa shape index (κ2) is 5.22. The maximum atomic E-state index is 14.1. The van der Waals surface area contributed by atoms with Gasteiger partial charge in [-0.05, 0) is 38.5 Å². The van der Waals surface area contributed by atoms with Crippen molar-refractivity contribution in [2.24, 2.45) is 0 Å². The SMILES string of the molecule is C=C1COC(C(=O)OC(C)(C)C)(c2ccc(F)cc2F)C1. The number of halogens is 2. The van der Waals surface area contributed by atoms with Gasteiger partial charge >= 0.3 is 5.97 Å². The zero-order valence-corrected chi connectivity index (χ0v) is 12.3. The van der Waals surface area contributed by atoms with E-state index in [0.29, 0.717) is 5.57 Å². The van der Waals surface area contributed by atoms with Crippen molar-refractivity contribution < 1.29 is 23.0 Å². The first-order valence-corrected chi connectivity index (χ1v) is 6.64. The number of carbonyl (C=O) groups excluding carboxylic acids is 1. The van der Waals surface area contributed by atoms with Gasteiger partial charge in [0.15, 0.2) is 5.60 Å². The van der Waals surface area contributed by atoms with Gasteiger partial charge in [-0.25, -0.2) is 13.6 Å². The summed E-state index contributed by atoms with van der Waals surface area (Å²) in [6.07, 6.45) is 0.116. The van der Waals surface area contributed by atoms with Crippen LogP contribution in [0.2, 0.25) is 0 Å². The summed E-state index contributed by atoms with van der Waals surface area (Å²) in [5.74, 6) is -2.25. The van der Waals surface area contributed by atoms with E-state index in [1.165, 1.54) is 6.07 Å². The number of rotatable bonds is 2. The monoisotopic (exact) mass is 296 g/mol. The minimum absolute atomic E-state index is 0.0307. The molecule has 1 atom stereocenters. The van der Waals surface area contributed by atoms with E-state index in [2.05, 4.69) is 6.58 Å². The molecule has 0 radical (unpaired) electrons. The van der Waals surface area contributed by atoms with Gasteiger partial charge in [0.1, 0.15) is 17.2 Å². The quantitative estimate of drug-likeness (QED) is 0.619. The molecule has 1 fully saturated rings. The fourth-order valence-electron chi connectivity index (χ4n) is 2.27. The molecule has 1 aliphatic heterocycles. The molecule has 1 saturated heterocycles. The molecule has 1 aromatic carbocycles. The summed E-state index contributed by atoms with van der Waals surface area (Å²) in [5.41, 5.74) is -1.71. The number of hydrogen-bond donors (Lipinski definition) is 0. The van der Waals surface area contributed by atoms with Crippen molar-refractivity contribution in [3.63, 3.8) is 0 Å². The average Bonchev–Trinajstić information content (AvgIpc) is 2.70. The topological polar surface area (TPSA) is 35.5 Å². The lowest BCUT2D eigenvalue weighted by Crippen LogP contribution is -2.41. The molecule has 21 heavy (non-hydrogen) atoms. The van der Waals surface area contributed by atoms with Crippen molar-refractivity contribution in [2.45, 2.75) is 38.4 Å². The predicted molar refractivity (Wildman–Crippen MR) is 73.6 cm³/mol.